The highest BCUT2D eigenvalue weighted by Crippen LogP contribution is 2.27. The van der Waals surface area contributed by atoms with Gasteiger partial charge >= 0.3 is 0 Å². The van der Waals surface area contributed by atoms with E-state index in [0.717, 1.165) is 12.2 Å². The third-order valence-corrected chi connectivity index (χ3v) is 4.89. The Bertz CT molecular complexity index is 300. The molecule has 0 unspecified atom stereocenters. The molecule has 2 N–H and O–H groups in total. The van der Waals surface area contributed by atoms with Gasteiger partial charge in [-0.1, -0.05) is 0 Å². The highest BCUT2D eigenvalue weighted by Gasteiger charge is 2.13. The van der Waals surface area contributed by atoms with Crippen LogP contribution >= 0.6 is 39.0 Å². The summed E-state index contributed by atoms with van der Waals surface area (Å²) in [5.41, 5.74) is 0. The summed E-state index contributed by atoms with van der Waals surface area (Å²) < 4.78 is 1.17. The number of rotatable bonds is 7. The van der Waals surface area contributed by atoms with Crippen molar-refractivity contribution in [2.75, 3.05) is 18.6 Å². The van der Waals surface area contributed by atoms with E-state index >= 15 is 0 Å². The first-order valence-corrected chi connectivity index (χ1v) is 8.28. The fourth-order valence-electron chi connectivity index (χ4n) is 1.57. The second kappa shape index (κ2) is 7.71. The van der Waals surface area contributed by atoms with Crippen LogP contribution in [0.1, 0.15) is 24.3 Å². The van der Waals surface area contributed by atoms with Crippen LogP contribution in [0.5, 0.6) is 0 Å². The third-order valence-electron chi connectivity index (χ3n) is 2.35. The predicted molar refractivity (Wildman–Crippen MR) is 77.4 cm³/mol. The van der Waals surface area contributed by atoms with E-state index < -0.39 is 0 Å². The van der Waals surface area contributed by atoms with Gasteiger partial charge in [-0.05, 0) is 47.7 Å². The zero-order valence-corrected chi connectivity index (χ0v) is 12.8. The molecule has 0 bridgehead atoms. The highest BCUT2D eigenvalue weighted by atomic mass is 79.9. The molecule has 1 aromatic heterocycles. The maximum atomic E-state index is 9.00. The molecule has 0 spiro atoms. The monoisotopic (exact) mass is 323 g/mol. The van der Waals surface area contributed by atoms with Gasteiger partial charge in [0, 0.05) is 29.3 Å². The van der Waals surface area contributed by atoms with Gasteiger partial charge < -0.3 is 10.4 Å². The number of thiophene rings is 1. The second-order valence-electron chi connectivity index (χ2n) is 3.69. The van der Waals surface area contributed by atoms with Gasteiger partial charge in [0.1, 0.15) is 0 Å². The summed E-state index contributed by atoms with van der Waals surface area (Å²) in [6.45, 7) is 2.42. The normalized spacial score (nSPS) is 15.0. The van der Waals surface area contributed by atoms with Gasteiger partial charge in [0.2, 0.25) is 0 Å². The first kappa shape index (κ1) is 14.5. The molecule has 0 radical (unpaired) electrons. The molecule has 16 heavy (non-hydrogen) atoms. The lowest BCUT2D eigenvalue weighted by Gasteiger charge is -2.21. The van der Waals surface area contributed by atoms with Crippen LogP contribution in [0, 0.1) is 0 Å². The van der Waals surface area contributed by atoms with Gasteiger partial charge in [0.25, 0.3) is 0 Å². The third kappa shape index (κ3) is 4.75. The molecule has 5 heteroatoms. The van der Waals surface area contributed by atoms with Crippen LogP contribution < -0.4 is 5.32 Å². The molecule has 0 saturated heterocycles. The van der Waals surface area contributed by atoms with E-state index in [1.54, 1.807) is 11.3 Å². The van der Waals surface area contributed by atoms with Crippen molar-refractivity contribution in [1.29, 1.82) is 0 Å². The minimum atomic E-state index is 0.249. The van der Waals surface area contributed by atoms with Crippen molar-refractivity contribution in [2.45, 2.75) is 25.4 Å². The minimum absolute atomic E-state index is 0.249. The average molecular weight is 324 g/mol. The van der Waals surface area contributed by atoms with Crippen LogP contribution in [0.3, 0.4) is 0 Å². The van der Waals surface area contributed by atoms with E-state index in [-0.39, 0.29) is 6.61 Å². The molecule has 0 fully saturated rings. The quantitative estimate of drug-likeness (QED) is 0.807. The number of aliphatic hydroxyl groups excluding tert-OH is 1. The average Bonchev–Trinajstić information content (AvgIpc) is 2.65. The summed E-state index contributed by atoms with van der Waals surface area (Å²) in [6.07, 6.45) is 2.91. The van der Waals surface area contributed by atoms with Crippen LogP contribution in [0.2, 0.25) is 0 Å². The molecular formula is C11H18BrNOS2. The van der Waals surface area contributed by atoms with Crippen LogP contribution in [-0.2, 0) is 0 Å². The van der Waals surface area contributed by atoms with E-state index in [1.807, 2.05) is 11.8 Å². The Morgan fingerprint density at radius 2 is 2.31 bits per heavy atom. The summed E-state index contributed by atoms with van der Waals surface area (Å²) in [6, 6.07) is 4.95. The van der Waals surface area contributed by atoms with Crippen molar-refractivity contribution < 1.29 is 5.11 Å². The van der Waals surface area contributed by atoms with E-state index in [4.69, 9.17) is 5.11 Å². The van der Waals surface area contributed by atoms with Crippen LogP contribution in [0.15, 0.2) is 15.9 Å². The molecule has 1 rings (SSSR count). The number of hydrogen-bond acceptors (Lipinski definition) is 4. The highest BCUT2D eigenvalue weighted by molar-refractivity contribution is 9.11. The first-order chi connectivity index (χ1) is 7.67. The zero-order chi connectivity index (χ0) is 12.0. The molecule has 1 aromatic rings. The topological polar surface area (TPSA) is 32.3 Å². The molecule has 0 aliphatic carbocycles. The van der Waals surface area contributed by atoms with Gasteiger partial charge in [0.05, 0.1) is 3.79 Å². The maximum absolute atomic E-state index is 9.00. The largest absolute Gasteiger partial charge is 0.396 e. The van der Waals surface area contributed by atoms with E-state index in [1.165, 1.54) is 8.66 Å². The van der Waals surface area contributed by atoms with E-state index in [2.05, 4.69) is 46.6 Å². The lowest BCUT2D eigenvalue weighted by atomic mass is 10.2. The molecular weight excluding hydrogens is 306 g/mol. The Morgan fingerprint density at radius 3 is 2.81 bits per heavy atom. The molecule has 0 amide bonds. The number of hydrogen-bond donors (Lipinski definition) is 2. The van der Waals surface area contributed by atoms with Crippen LogP contribution in [0.25, 0.3) is 0 Å². The Hall–Kier alpha value is 0.450. The molecule has 2 nitrogen and oxygen atoms in total. The second-order valence-corrected chi connectivity index (χ2v) is 7.10. The maximum Gasteiger partial charge on any atom is 0.0701 e. The standard InChI is InChI=1S/C11H18BrNOS2/c1-8(10-3-4-11(12)16-10)13-9(5-6-14)7-15-2/h3-4,8-9,13-14H,5-7H2,1-2H3/t8-,9+/m1/s1. The van der Waals surface area contributed by atoms with Crippen molar-refractivity contribution in [2.24, 2.45) is 0 Å². The molecule has 0 aromatic carbocycles. The smallest absolute Gasteiger partial charge is 0.0701 e. The van der Waals surface area contributed by atoms with Gasteiger partial charge in [-0.25, -0.2) is 0 Å². The van der Waals surface area contributed by atoms with Crippen molar-refractivity contribution in [3.05, 3.63) is 20.8 Å². The summed E-state index contributed by atoms with van der Waals surface area (Å²) >= 11 is 7.05. The van der Waals surface area contributed by atoms with Crippen molar-refractivity contribution in [3.63, 3.8) is 0 Å². The van der Waals surface area contributed by atoms with Gasteiger partial charge in [-0.2, -0.15) is 11.8 Å². The first-order valence-electron chi connectivity index (χ1n) is 5.28. The lowest BCUT2D eigenvalue weighted by molar-refractivity contribution is 0.266. The fraction of sp³-hybridized carbons (Fsp3) is 0.636. The van der Waals surface area contributed by atoms with Gasteiger partial charge in [-0.3, -0.25) is 0 Å². The number of halogens is 1. The molecule has 92 valence electrons. The predicted octanol–water partition coefficient (Wildman–Crippen LogP) is 3.28. The van der Waals surface area contributed by atoms with Crippen LogP contribution in [0.4, 0.5) is 0 Å². The zero-order valence-electron chi connectivity index (χ0n) is 9.57. The summed E-state index contributed by atoms with van der Waals surface area (Å²) in [5.74, 6) is 1.04. The van der Waals surface area contributed by atoms with E-state index in [9.17, 15) is 0 Å². The minimum Gasteiger partial charge on any atom is -0.396 e. The van der Waals surface area contributed by atoms with Crippen molar-refractivity contribution in [3.8, 4) is 0 Å². The van der Waals surface area contributed by atoms with Gasteiger partial charge in [0.15, 0.2) is 0 Å². The Labute approximate surface area is 114 Å². The molecule has 2 atom stereocenters. The summed E-state index contributed by atoms with van der Waals surface area (Å²) in [4.78, 5) is 1.33. The Kier molecular flexibility index (Phi) is 7.00. The SMILES string of the molecule is CSC[C@H](CCO)N[C@H](C)c1ccc(Br)s1. The fourth-order valence-corrected chi connectivity index (χ4v) is 3.67. The number of thioether (sulfide) groups is 1. The van der Waals surface area contributed by atoms with Crippen molar-refractivity contribution >= 4 is 39.0 Å². The van der Waals surface area contributed by atoms with Gasteiger partial charge in [-0.15, -0.1) is 11.3 Å². The molecule has 0 aliphatic heterocycles. The van der Waals surface area contributed by atoms with Crippen molar-refractivity contribution in [1.82, 2.24) is 5.32 Å². The molecule has 0 aliphatic rings. The Morgan fingerprint density at radius 1 is 1.56 bits per heavy atom. The number of aliphatic hydroxyl groups is 1. The summed E-state index contributed by atoms with van der Waals surface area (Å²) in [7, 11) is 0. The molecule has 1 heterocycles. The number of nitrogens with one attached hydrogen (secondary N) is 1. The lowest BCUT2D eigenvalue weighted by Crippen LogP contribution is -2.34. The van der Waals surface area contributed by atoms with Crippen LogP contribution in [-0.4, -0.2) is 29.8 Å². The summed E-state index contributed by atoms with van der Waals surface area (Å²) in [5, 5.41) is 12.6. The molecule has 0 saturated carbocycles. The Balaban J connectivity index is 2.50. The van der Waals surface area contributed by atoms with E-state index in [0.29, 0.717) is 12.1 Å².